The van der Waals surface area contributed by atoms with Crippen LogP contribution in [-0.4, -0.2) is 30.5 Å². The summed E-state index contributed by atoms with van der Waals surface area (Å²) < 4.78 is 0. The third-order valence-electron chi connectivity index (χ3n) is 0. The smallest absolute Gasteiger partial charge is 0.0125 e. The van der Waals surface area contributed by atoms with Gasteiger partial charge in [-0.05, 0) is 19.5 Å². The van der Waals surface area contributed by atoms with E-state index in [1.54, 1.807) is 0 Å². The molecule has 0 bridgehead atoms. The largest absolute Gasteiger partial charge is 0.412 e. The van der Waals surface area contributed by atoms with Crippen molar-refractivity contribution < 1.29 is 11.0 Å². The molecule has 0 fully saturated rings. The summed E-state index contributed by atoms with van der Waals surface area (Å²) in [4.78, 5) is 0. The molecular formula is H10O2Si2. The second kappa shape index (κ2) is 148. The van der Waals surface area contributed by atoms with Gasteiger partial charge in [0.1, 0.15) is 0 Å². The minimum atomic E-state index is 0. The Balaban J connectivity index is -0.00000000500. The summed E-state index contributed by atoms with van der Waals surface area (Å²) >= 11 is 0. The fraction of sp³-hybridized carbons (Fsp3) is 0. The highest BCUT2D eigenvalue weighted by molar-refractivity contribution is 6.75. The first-order valence-electron chi connectivity index (χ1n) is 1.00. The predicted octanol–water partition coefficient (Wildman–Crippen LogP) is -4.02. The third-order valence-corrected chi connectivity index (χ3v) is 0. The van der Waals surface area contributed by atoms with Gasteiger partial charge in [0.05, 0.1) is 0 Å². The minimum absolute atomic E-state index is 0. The van der Waals surface area contributed by atoms with E-state index in [9.17, 15) is 0 Å². The number of rotatable bonds is 0. The van der Waals surface area contributed by atoms with Crippen LogP contribution in [0.25, 0.3) is 0 Å². The van der Waals surface area contributed by atoms with Crippen LogP contribution in [0.5, 0.6) is 0 Å². The molecule has 0 atom stereocenters. The first-order valence-corrected chi connectivity index (χ1v) is 9.00. The van der Waals surface area contributed by atoms with E-state index in [0.29, 0.717) is 0 Å². The van der Waals surface area contributed by atoms with Crippen LogP contribution in [0.3, 0.4) is 0 Å². The van der Waals surface area contributed by atoms with Crippen molar-refractivity contribution in [3.05, 3.63) is 0 Å². The lowest BCUT2D eigenvalue weighted by Gasteiger charge is -1.01. The van der Waals surface area contributed by atoms with Gasteiger partial charge in [-0.2, -0.15) is 0 Å². The molecule has 30 valence electrons. The fourth-order valence-corrected chi connectivity index (χ4v) is 0. The molecule has 4 heteroatoms. The molecule has 0 aliphatic carbocycles. The van der Waals surface area contributed by atoms with Crippen LogP contribution in [-0.2, 0) is 0 Å². The maximum atomic E-state index is 1.44. The molecule has 0 aromatic carbocycles. The molecule has 0 amide bonds. The Morgan fingerprint density at radius 1 is 0.750 bits per heavy atom. The predicted molar refractivity (Wildman–Crippen MR) is 27.1 cm³/mol. The van der Waals surface area contributed by atoms with Crippen molar-refractivity contribution in [2.24, 2.45) is 0 Å². The maximum absolute atomic E-state index is 1.44. The van der Waals surface area contributed by atoms with E-state index in [-0.39, 0.29) is 11.0 Å². The SMILES string of the molecule is O.O.[SiH3][SiH3]. The van der Waals surface area contributed by atoms with Gasteiger partial charge in [0.15, 0.2) is 0 Å². The highest BCUT2D eigenvalue weighted by Crippen LogP contribution is 0.619. The lowest BCUT2D eigenvalue weighted by atomic mass is 16.0. The summed E-state index contributed by atoms with van der Waals surface area (Å²) in [6, 6.07) is 0. The lowest BCUT2D eigenvalue weighted by Crippen LogP contribution is -1.38. The van der Waals surface area contributed by atoms with Gasteiger partial charge in [-0.1, -0.05) is 0 Å². The van der Waals surface area contributed by atoms with Gasteiger partial charge in [0.2, 0.25) is 0 Å². The zero-order chi connectivity index (χ0) is 2.00. The molecule has 4 N–H and O–H groups in total. The van der Waals surface area contributed by atoms with Crippen molar-refractivity contribution in [1.82, 2.24) is 0 Å². The van der Waals surface area contributed by atoms with Gasteiger partial charge >= 0.3 is 0 Å². The lowest BCUT2D eigenvalue weighted by molar-refractivity contribution is 0.823. The van der Waals surface area contributed by atoms with Crippen LogP contribution in [0.2, 0.25) is 0 Å². The van der Waals surface area contributed by atoms with Gasteiger partial charge in [-0.15, -0.1) is 0 Å². The topological polar surface area (TPSA) is 63.0 Å². The molecule has 0 saturated carbocycles. The van der Waals surface area contributed by atoms with E-state index < -0.39 is 0 Å². The number of hydrogen-bond donors (Lipinski definition) is 0. The summed E-state index contributed by atoms with van der Waals surface area (Å²) in [5.74, 6) is 0. The summed E-state index contributed by atoms with van der Waals surface area (Å²) in [5, 5.41) is 0. The Morgan fingerprint density at radius 3 is 0.750 bits per heavy atom. The first-order chi connectivity index (χ1) is 1.00. The maximum Gasteiger partial charge on any atom is -0.0125 e. The second-order valence-electron chi connectivity index (χ2n) is 0. The molecule has 4 heavy (non-hydrogen) atoms. The van der Waals surface area contributed by atoms with E-state index >= 15 is 0 Å². The quantitative estimate of drug-likeness (QED) is 0.277. The standard InChI is InChI=1S/2H2O.H6Si2/c;;1-2/h2*1H2;1-2H3. The van der Waals surface area contributed by atoms with Gasteiger partial charge in [-0.3, -0.25) is 0 Å². The van der Waals surface area contributed by atoms with Crippen molar-refractivity contribution in [3.63, 3.8) is 0 Å². The molecule has 2 nitrogen and oxygen atoms in total. The van der Waals surface area contributed by atoms with Crippen LogP contribution >= 0.6 is 0 Å². The summed E-state index contributed by atoms with van der Waals surface area (Å²) in [6.07, 6.45) is 0. The number of hydrogen-bond acceptors (Lipinski definition) is 0. The van der Waals surface area contributed by atoms with Crippen molar-refractivity contribution in [2.75, 3.05) is 0 Å². The van der Waals surface area contributed by atoms with Crippen molar-refractivity contribution in [3.8, 4) is 0 Å². The average Bonchev–Trinajstić information content (AvgIpc) is 1.00. The normalized spacial score (nSPS) is 3.00. The third kappa shape index (κ3) is 34.5. The van der Waals surface area contributed by atoms with Crippen molar-refractivity contribution in [2.45, 2.75) is 0 Å². The van der Waals surface area contributed by atoms with E-state index in [4.69, 9.17) is 0 Å². The minimum Gasteiger partial charge on any atom is -0.412 e. The Kier molecular flexibility index (Phi) is 992. The highest BCUT2D eigenvalue weighted by Gasteiger charge is 0.988. The zero-order valence-corrected chi connectivity index (χ0v) is 7.00. The van der Waals surface area contributed by atoms with Gasteiger partial charge in [0, 0.05) is 0 Å². The molecule has 0 spiro atoms. The van der Waals surface area contributed by atoms with Gasteiger partial charge < -0.3 is 11.0 Å². The van der Waals surface area contributed by atoms with Crippen LogP contribution in [0.1, 0.15) is 0 Å². The van der Waals surface area contributed by atoms with E-state index in [0.717, 1.165) is 0 Å². The Morgan fingerprint density at radius 2 is 0.750 bits per heavy atom. The highest BCUT2D eigenvalue weighted by atomic mass is 29.1. The van der Waals surface area contributed by atoms with E-state index in [1.165, 1.54) is 19.5 Å². The summed E-state index contributed by atoms with van der Waals surface area (Å²) in [5.41, 5.74) is 0. The molecule has 0 aromatic rings. The van der Waals surface area contributed by atoms with Crippen LogP contribution in [0, 0.1) is 0 Å². The molecule has 0 aliphatic heterocycles. The van der Waals surface area contributed by atoms with Gasteiger partial charge in [0.25, 0.3) is 0 Å². The molecule has 0 unspecified atom stereocenters. The molecule has 0 saturated heterocycles. The van der Waals surface area contributed by atoms with Crippen LogP contribution in [0.4, 0.5) is 0 Å². The fourth-order valence-electron chi connectivity index (χ4n) is 0. The molecule has 0 aromatic heterocycles. The Hall–Kier alpha value is 0.354. The zero-order valence-electron chi connectivity index (χ0n) is 3.00. The van der Waals surface area contributed by atoms with Crippen LogP contribution in [0.15, 0.2) is 0 Å². The molecule has 0 heterocycles. The van der Waals surface area contributed by atoms with E-state index in [2.05, 4.69) is 0 Å². The molecule has 0 rings (SSSR count). The van der Waals surface area contributed by atoms with E-state index in [1.807, 2.05) is 0 Å². The second-order valence-corrected chi connectivity index (χ2v) is 0. The summed E-state index contributed by atoms with van der Waals surface area (Å²) in [6.45, 7) is 0. The summed E-state index contributed by atoms with van der Waals surface area (Å²) in [7, 11) is 2.89. The monoisotopic (exact) mass is 98.0 g/mol. The average molecular weight is 98.2 g/mol. The molecule has 0 radical (unpaired) electrons. The van der Waals surface area contributed by atoms with Crippen molar-refractivity contribution >= 4 is 19.5 Å². The van der Waals surface area contributed by atoms with Gasteiger partial charge in [-0.25, -0.2) is 0 Å². The molecular weight excluding hydrogens is 88.2 g/mol. The molecule has 0 aliphatic rings. The van der Waals surface area contributed by atoms with Crippen molar-refractivity contribution in [1.29, 1.82) is 0 Å². The Bertz CT molecular complexity index is 4.00. The van der Waals surface area contributed by atoms with Crippen LogP contribution < -0.4 is 0 Å². The Labute approximate surface area is 31.5 Å². The first kappa shape index (κ1) is 26.7.